The molecule has 43 heavy (non-hydrogen) atoms. The zero-order valence-corrected chi connectivity index (χ0v) is 25.2. The van der Waals surface area contributed by atoms with Gasteiger partial charge in [-0.05, 0) is 73.9 Å². The van der Waals surface area contributed by atoms with Gasteiger partial charge in [-0.3, -0.25) is 9.59 Å². The summed E-state index contributed by atoms with van der Waals surface area (Å²) in [5, 5.41) is 19.5. The molecule has 0 aliphatic heterocycles. The van der Waals surface area contributed by atoms with Crippen LogP contribution >= 0.6 is 0 Å². The van der Waals surface area contributed by atoms with E-state index >= 15 is 0 Å². The minimum absolute atomic E-state index is 0.0889. The number of nitrogens with one attached hydrogen (secondary N) is 1. The standard InChI is InChI=1S/C36H41N3O4/c1-36(2,35(42)43-3)23-26-10-9-15-30(22-26)37-34(41)33(28-13-7-8-14-28)29-18-16-25(17-19-29)24-39-32(40)21-20-31(38-39)27-11-5-4-6-12-27/h4-6,9-12,15-22,28,33-34,37,41H,7-8,13-14,23-24H2,1-3H3. The molecule has 1 heterocycles. The molecule has 0 amide bonds. The van der Waals surface area contributed by atoms with E-state index in [1.807, 2.05) is 80.6 Å². The van der Waals surface area contributed by atoms with E-state index in [1.165, 1.54) is 11.8 Å². The molecule has 5 rings (SSSR count). The van der Waals surface area contributed by atoms with Gasteiger partial charge in [-0.15, -0.1) is 0 Å². The Morgan fingerprint density at radius 2 is 1.70 bits per heavy atom. The van der Waals surface area contributed by atoms with E-state index in [0.717, 1.165) is 59.3 Å². The molecule has 1 aliphatic rings. The Labute approximate surface area is 253 Å². The van der Waals surface area contributed by atoms with E-state index in [9.17, 15) is 14.7 Å². The van der Waals surface area contributed by atoms with Crippen molar-refractivity contribution in [2.75, 3.05) is 12.4 Å². The molecule has 1 aliphatic carbocycles. The Hall–Kier alpha value is -4.23. The number of hydrogen-bond acceptors (Lipinski definition) is 6. The highest BCUT2D eigenvalue weighted by Gasteiger charge is 2.32. The Balaban J connectivity index is 1.33. The number of methoxy groups -OCH3 is 1. The largest absolute Gasteiger partial charge is 0.469 e. The molecular weight excluding hydrogens is 538 g/mol. The fourth-order valence-electron chi connectivity index (χ4n) is 6.26. The lowest BCUT2D eigenvalue weighted by Gasteiger charge is -2.30. The van der Waals surface area contributed by atoms with E-state index in [2.05, 4.69) is 22.5 Å². The second-order valence-electron chi connectivity index (χ2n) is 12.2. The number of aromatic nitrogens is 2. The van der Waals surface area contributed by atoms with E-state index in [4.69, 9.17) is 4.74 Å². The van der Waals surface area contributed by atoms with Crippen LogP contribution in [0.15, 0.2) is 95.8 Å². The second kappa shape index (κ2) is 13.4. The molecule has 0 bridgehead atoms. The van der Waals surface area contributed by atoms with Crippen LogP contribution in [0.25, 0.3) is 11.3 Å². The van der Waals surface area contributed by atoms with Crippen LogP contribution in [0.4, 0.5) is 5.69 Å². The monoisotopic (exact) mass is 579 g/mol. The summed E-state index contributed by atoms with van der Waals surface area (Å²) < 4.78 is 6.47. The lowest BCUT2D eigenvalue weighted by Crippen LogP contribution is -2.32. The number of rotatable bonds is 11. The van der Waals surface area contributed by atoms with Crippen LogP contribution in [0, 0.1) is 11.3 Å². The minimum Gasteiger partial charge on any atom is -0.469 e. The smallest absolute Gasteiger partial charge is 0.311 e. The number of ether oxygens (including phenoxy) is 1. The highest BCUT2D eigenvalue weighted by Crippen LogP contribution is 2.40. The van der Waals surface area contributed by atoms with E-state index < -0.39 is 11.6 Å². The van der Waals surface area contributed by atoms with Crippen molar-refractivity contribution >= 4 is 11.7 Å². The van der Waals surface area contributed by atoms with Gasteiger partial charge in [0.1, 0.15) is 6.23 Å². The zero-order chi connectivity index (χ0) is 30.4. The van der Waals surface area contributed by atoms with Crippen molar-refractivity contribution in [2.24, 2.45) is 11.3 Å². The van der Waals surface area contributed by atoms with Crippen LogP contribution < -0.4 is 10.9 Å². The third kappa shape index (κ3) is 7.41. The van der Waals surface area contributed by atoms with Crippen molar-refractivity contribution in [1.29, 1.82) is 0 Å². The van der Waals surface area contributed by atoms with Crippen LogP contribution in [0.2, 0.25) is 0 Å². The summed E-state index contributed by atoms with van der Waals surface area (Å²) in [7, 11) is 1.41. The lowest BCUT2D eigenvalue weighted by atomic mass is 9.83. The molecule has 1 aromatic heterocycles. The van der Waals surface area contributed by atoms with Gasteiger partial charge in [0, 0.05) is 23.2 Å². The minimum atomic E-state index is -0.787. The normalized spacial score (nSPS) is 15.2. The Morgan fingerprint density at radius 3 is 2.40 bits per heavy atom. The molecule has 0 radical (unpaired) electrons. The van der Waals surface area contributed by atoms with Gasteiger partial charge in [0.2, 0.25) is 0 Å². The van der Waals surface area contributed by atoms with Gasteiger partial charge in [0.15, 0.2) is 0 Å². The topological polar surface area (TPSA) is 93.4 Å². The lowest BCUT2D eigenvalue weighted by molar-refractivity contribution is -0.150. The van der Waals surface area contributed by atoms with Gasteiger partial charge in [0.05, 0.1) is 24.8 Å². The number of anilines is 1. The maximum atomic E-state index is 12.6. The molecule has 2 unspecified atom stereocenters. The molecule has 2 atom stereocenters. The molecule has 7 nitrogen and oxygen atoms in total. The van der Waals surface area contributed by atoms with Crippen molar-refractivity contribution in [3.05, 3.63) is 118 Å². The maximum Gasteiger partial charge on any atom is 0.311 e. The van der Waals surface area contributed by atoms with Gasteiger partial charge < -0.3 is 15.2 Å². The van der Waals surface area contributed by atoms with E-state index in [1.54, 1.807) is 12.1 Å². The first-order valence-electron chi connectivity index (χ1n) is 15.1. The number of benzene rings is 3. The molecule has 224 valence electrons. The zero-order valence-electron chi connectivity index (χ0n) is 25.2. The fraction of sp³-hybridized carbons (Fsp3) is 0.361. The first-order chi connectivity index (χ1) is 20.7. The molecule has 2 N–H and O–H groups in total. The fourth-order valence-corrected chi connectivity index (χ4v) is 6.26. The van der Waals surface area contributed by atoms with Gasteiger partial charge >= 0.3 is 5.97 Å². The Morgan fingerprint density at radius 1 is 0.977 bits per heavy atom. The highest BCUT2D eigenvalue weighted by atomic mass is 16.5. The van der Waals surface area contributed by atoms with Crippen molar-refractivity contribution in [3.63, 3.8) is 0 Å². The predicted octanol–water partition coefficient (Wildman–Crippen LogP) is 6.40. The number of aliphatic hydroxyl groups is 1. The SMILES string of the molecule is COC(=O)C(C)(C)Cc1cccc(NC(O)C(c2ccc(Cn3nc(-c4ccccc4)ccc3=O)cc2)C2CCCC2)c1. The van der Waals surface area contributed by atoms with Crippen molar-refractivity contribution < 1.29 is 14.6 Å². The molecule has 0 spiro atoms. The first kappa shape index (κ1) is 30.2. The third-order valence-electron chi connectivity index (χ3n) is 8.51. The summed E-state index contributed by atoms with van der Waals surface area (Å²) in [4.78, 5) is 24.8. The molecule has 4 aromatic rings. The third-order valence-corrected chi connectivity index (χ3v) is 8.51. The van der Waals surface area contributed by atoms with Crippen LogP contribution in [0.5, 0.6) is 0 Å². The maximum absolute atomic E-state index is 12.6. The predicted molar refractivity (Wildman–Crippen MR) is 170 cm³/mol. The summed E-state index contributed by atoms with van der Waals surface area (Å²) in [6.45, 7) is 4.11. The molecule has 7 heteroatoms. The van der Waals surface area contributed by atoms with Crippen LogP contribution in [-0.4, -0.2) is 34.2 Å². The molecular formula is C36H41N3O4. The summed E-state index contributed by atoms with van der Waals surface area (Å²) in [6, 6.07) is 29.2. The van der Waals surface area contributed by atoms with Crippen molar-refractivity contribution in [3.8, 4) is 11.3 Å². The molecule has 1 saturated carbocycles. The van der Waals surface area contributed by atoms with Gasteiger partial charge in [-0.1, -0.05) is 79.6 Å². The molecule has 1 fully saturated rings. The summed E-state index contributed by atoms with van der Waals surface area (Å²) in [5.41, 5.74) is 4.77. The summed E-state index contributed by atoms with van der Waals surface area (Å²) in [6.07, 6.45) is 4.22. The number of carbonyl (C=O) groups is 1. The van der Waals surface area contributed by atoms with E-state index in [-0.39, 0.29) is 17.4 Å². The average molecular weight is 580 g/mol. The first-order valence-corrected chi connectivity index (χ1v) is 15.1. The molecule has 3 aromatic carbocycles. The average Bonchev–Trinajstić information content (AvgIpc) is 3.53. The van der Waals surface area contributed by atoms with Crippen molar-refractivity contribution in [2.45, 2.75) is 64.6 Å². The van der Waals surface area contributed by atoms with Gasteiger partial charge in [0.25, 0.3) is 5.56 Å². The Kier molecular flexibility index (Phi) is 9.41. The second-order valence-corrected chi connectivity index (χ2v) is 12.2. The number of nitrogens with zero attached hydrogens (tertiary/aromatic N) is 2. The Bertz CT molecular complexity index is 1570. The highest BCUT2D eigenvalue weighted by molar-refractivity contribution is 5.76. The van der Waals surface area contributed by atoms with Crippen molar-refractivity contribution in [1.82, 2.24) is 9.78 Å². The number of aliphatic hydroxyl groups excluding tert-OH is 1. The number of esters is 1. The summed E-state index contributed by atoms with van der Waals surface area (Å²) in [5.74, 6) is 0.0239. The quantitative estimate of drug-likeness (QED) is 0.158. The van der Waals surface area contributed by atoms with Crippen LogP contribution in [0.3, 0.4) is 0 Å². The van der Waals surface area contributed by atoms with Gasteiger partial charge in [-0.25, -0.2) is 4.68 Å². The summed E-state index contributed by atoms with van der Waals surface area (Å²) >= 11 is 0. The number of hydrogen-bond donors (Lipinski definition) is 2. The van der Waals surface area contributed by atoms with Crippen LogP contribution in [-0.2, 0) is 22.5 Å². The number of carbonyl (C=O) groups excluding carboxylic acids is 1. The van der Waals surface area contributed by atoms with E-state index in [0.29, 0.717) is 18.9 Å². The van der Waals surface area contributed by atoms with Gasteiger partial charge in [-0.2, -0.15) is 5.10 Å². The molecule has 0 saturated heterocycles. The van der Waals surface area contributed by atoms with Crippen LogP contribution in [0.1, 0.15) is 62.1 Å².